The molecule has 0 radical (unpaired) electrons. The van der Waals surface area contributed by atoms with Crippen molar-refractivity contribution in [1.82, 2.24) is 4.90 Å². The zero-order valence-electron chi connectivity index (χ0n) is 13.7. The summed E-state index contributed by atoms with van der Waals surface area (Å²) in [6.07, 6.45) is 0.714. The lowest BCUT2D eigenvalue weighted by atomic mass is 10.0. The predicted molar refractivity (Wildman–Crippen MR) is 95.1 cm³/mol. The Morgan fingerprint density at radius 3 is 2.92 bits per heavy atom. The molecule has 0 bridgehead atoms. The summed E-state index contributed by atoms with van der Waals surface area (Å²) < 4.78 is 5.42. The molecule has 2 aromatic carbocycles. The molecule has 1 aliphatic heterocycles. The van der Waals surface area contributed by atoms with Crippen molar-refractivity contribution in [2.24, 2.45) is 5.92 Å². The van der Waals surface area contributed by atoms with Crippen LogP contribution in [-0.4, -0.2) is 29.2 Å². The SMILES string of the molecule is CC(O)C1CCN(Cc2cc(=O)oc3ccc4ccccc4c23)C1. The maximum Gasteiger partial charge on any atom is 0.336 e. The summed E-state index contributed by atoms with van der Waals surface area (Å²) >= 11 is 0. The normalized spacial score (nSPS) is 20.0. The van der Waals surface area contributed by atoms with Crippen LogP contribution >= 0.6 is 0 Å². The second-order valence-electron chi connectivity index (χ2n) is 6.77. The Kier molecular flexibility index (Phi) is 3.87. The smallest absolute Gasteiger partial charge is 0.336 e. The summed E-state index contributed by atoms with van der Waals surface area (Å²) in [4.78, 5) is 14.3. The predicted octanol–water partition coefficient (Wildman–Crippen LogP) is 3.15. The summed E-state index contributed by atoms with van der Waals surface area (Å²) in [5.74, 6) is 0.313. The molecule has 3 aromatic rings. The molecule has 2 atom stereocenters. The molecule has 1 aromatic heterocycles. The molecule has 0 amide bonds. The van der Waals surface area contributed by atoms with Gasteiger partial charge in [0.2, 0.25) is 0 Å². The molecule has 4 rings (SSSR count). The fraction of sp³-hybridized carbons (Fsp3) is 0.350. The minimum absolute atomic E-state index is 0.284. The Morgan fingerprint density at radius 1 is 1.29 bits per heavy atom. The van der Waals surface area contributed by atoms with Crippen molar-refractivity contribution in [1.29, 1.82) is 0 Å². The lowest BCUT2D eigenvalue weighted by Crippen LogP contribution is -2.24. The van der Waals surface area contributed by atoms with Crippen molar-refractivity contribution in [3.05, 3.63) is 58.4 Å². The Morgan fingerprint density at radius 2 is 2.12 bits per heavy atom. The van der Waals surface area contributed by atoms with Crippen LogP contribution in [0.1, 0.15) is 18.9 Å². The van der Waals surface area contributed by atoms with Crippen molar-refractivity contribution in [3.8, 4) is 0 Å². The van der Waals surface area contributed by atoms with Gasteiger partial charge in [-0.05, 0) is 48.2 Å². The second kappa shape index (κ2) is 6.04. The molecule has 1 aliphatic rings. The first-order valence-corrected chi connectivity index (χ1v) is 8.47. The molecule has 2 unspecified atom stereocenters. The quantitative estimate of drug-likeness (QED) is 0.594. The highest BCUT2D eigenvalue weighted by molar-refractivity contribution is 6.07. The molecule has 0 aliphatic carbocycles. The number of likely N-dealkylation sites (tertiary alicyclic amines) is 1. The molecule has 24 heavy (non-hydrogen) atoms. The van der Waals surface area contributed by atoms with Gasteiger partial charge in [-0.25, -0.2) is 4.79 Å². The molecular formula is C20H21NO3. The van der Waals surface area contributed by atoms with E-state index < -0.39 is 0 Å². The topological polar surface area (TPSA) is 53.7 Å². The molecule has 2 heterocycles. The third kappa shape index (κ3) is 2.72. The summed E-state index contributed by atoms with van der Waals surface area (Å²) in [5.41, 5.74) is 1.34. The Bertz CT molecular complexity index is 944. The van der Waals surface area contributed by atoms with Crippen LogP contribution in [0, 0.1) is 5.92 Å². The Hall–Kier alpha value is -2.17. The lowest BCUT2D eigenvalue weighted by Gasteiger charge is -2.18. The van der Waals surface area contributed by atoms with Crippen molar-refractivity contribution < 1.29 is 9.52 Å². The van der Waals surface area contributed by atoms with Gasteiger partial charge < -0.3 is 9.52 Å². The Labute approximate surface area is 140 Å². The largest absolute Gasteiger partial charge is 0.423 e. The van der Waals surface area contributed by atoms with Gasteiger partial charge in [0.15, 0.2) is 0 Å². The van der Waals surface area contributed by atoms with E-state index in [1.807, 2.05) is 31.2 Å². The highest BCUT2D eigenvalue weighted by Crippen LogP contribution is 2.29. The van der Waals surface area contributed by atoms with Gasteiger partial charge in [-0.2, -0.15) is 0 Å². The highest BCUT2D eigenvalue weighted by atomic mass is 16.4. The van der Waals surface area contributed by atoms with Gasteiger partial charge in [0.25, 0.3) is 0 Å². The number of benzene rings is 2. The van der Waals surface area contributed by atoms with Crippen molar-refractivity contribution in [3.63, 3.8) is 0 Å². The average molecular weight is 323 g/mol. The third-order valence-corrected chi connectivity index (χ3v) is 5.10. The van der Waals surface area contributed by atoms with Gasteiger partial charge in [0.05, 0.1) is 6.10 Å². The monoisotopic (exact) mass is 323 g/mol. The summed E-state index contributed by atoms with van der Waals surface area (Å²) in [5, 5.41) is 13.1. The van der Waals surface area contributed by atoms with Crippen molar-refractivity contribution in [2.45, 2.75) is 26.0 Å². The van der Waals surface area contributed by atoms with Crippen molar-refractivity contribution >= 4 is 21.7 Å². The molecular weight excluding hydrogens is 302 g/mol. The molecule has 0 saturated carbocycles. The van der Waals surface area contributed by atoms with Crippen LogP contribution in [0.2, 0.25) is 0 Å². The first-order valence-electron chi connectivity index (χ1n) is 8.47. The standard InChI is InChI=1S/C20H21NO3/c1-13(22)15-8-9-21(11-15)12-16-10-19(23)24-18-7-6-14-4-2-3-5-17(14)20(16)18/h2-7,10,13,15,22H,8-9,11-12H2,1H3. The number of hydrogen-bond acceptors (Lipinski definition) is 4. The van der Waals surface area contributed by atoms with E-state index in [4.69, 9.17) is 4.42 Å². The van der Waals surface area contributed by atoms with Gasteiger partial charge in [-0.3, -0.25) is 4.90 Å². The first kappa shape index (κ1) is 15.4. The summed E-state index contributed by atoms with van der Waals surface area (Å²) in [6.45, 7) is 4.37. The second-order valence-corrected chi connectivity index (χ2v) is 6.77. The van der Waals surface area contributed by atoms with Crippen LogP contribution in [0.3, 0.4) is 0 Å². The number of fused-ring (bicyclic) bond motifs is 3. The maximum absolute atomic E-state index is 12.0. The fourth-order valence-electron chi connectivity index (χ4n) is 3.79. The van der Waals surface area contributed by atoms with Crippen LogP contribution in [0.15, 0.2) is 51.7 Å². The van der Waals surface area contributed by atoms with Gasteiger partial charge >= 0.3 is 5.63 Å². The minimum atomic E-state index is -0.306. The van der Waals surface area contributed by atoms with Gasteiger partial charge in [-0.15, -0.1) is 0 Å². The van der Waals surface area contributed by atoms with E-state index in [2.05, 4.69) is 17.0 Å². The molecule has 124 valence electrons. The molecule has 1 N–H and O–H groups in total. The van der Waals surface area contributed by atoms with E-state index in [1.165, 1.54) is 0 Å². The van der Waals surface area contributed by atoms with Crippen molar-refractivity contribution in [2.75, 3.05) is 13.1 Å². The van der Waals surface area contributed by atoms with Crippen LogP contribution in [0.25, 0.3) is 21.7 Å². The molecule has 4 nitrogen and oxygen atoms in total. The van der Waals surface area contributed by atoms with E-state index in [0.29, 0.717) is 18.0 Å². The third-order valence-electron chi connectivity index (χ3n) is 5.10. The van der Waals surface area contributed by atoms with Crippen LogP contribution < -0.4 is 5.63 Å². The number of aliphatic hydroxyl groups is 1. The minimum Gasteiger partial charge on any atom is -0.423 e. The van der Waals surface area contributed by atoms with E-state index in [1.54, 1.807) is 6.07 Å². The fourth-order valence-corrected chi connectivity index (χ4v) is 3.79. The number of hydrogen-bond donors (Lipinski definition) is 1. The number of nitrogens with zero attached hydrogens (tertiary/aromatic N) is 1. The zero-order chi connectivity index (χ0) is 16.7. The molecule has 1 fully saturated rings. The van der Waals surface area contributed by atoms with E-state index >= 15 is 0 Å². The number of rotatable bonds is 3. The number of aliphatic hydroxyl groups excluding tert-OH is 1. The average Bonchev–Trinajstić information content (AvgIpc) is 3.03. The summed E-state index contributed by atoms with van der Waals surface area (Å²) in [6, 6.07) is 13.7. The van der Waals surface area contributed by atoms with Gasteiger partial charge in [0, 0.05) is 24.5 Å². The van der Waals surface area contributed by atoms with E-state index in [-0.39, 0.29) is 11.7 Å². The highest BCUT2D eigenvalue weighted by Gasteiger charge is 2.26. The van der Waals surface area contributed by atoms with Gasteiger partial charge in [-0.1, -0.05) is 30.3 Å². The summed E-state index contributed by atoms with van der Waals surface area (Å²) in [7, 11) is 0. The van der Waals surface area contributed by atoms with Crippen LogP contribution in [-0.2, 0) is 6.54 Å². The van der Waals surface area contributed by atoms with Crippen LogP contribution in [0.4, 0.5) is 0 Å². The van der Waals surface area contributed by atoms with Gasteiger partial charge in [0.1, 0.15) is 5.58 Å². The first-order chi connectivity index (χ1) is 11.6. The zero-order valence-corrected chi connectivity index (χ0v) is 13.7. The molecule has 0 spiro atoms. The lowest BCUT2D eigenvalue weighted by molar-refractivity contribution is 0.127. The van der Waals surface area contributed by atoms with Crippen LogP contribution in [0.5, 0.6) is 0 Å². The van der Waals surface area contributed by atoms with E-state index in [9.17, 15) is 9.90 Å². The van der Waals surface area contributed by atoms with E-state index in [0.717, 1.165) is 41.2 Å². The maximum atomic E-state index is 12.0. The molecule has 4 heteroatoms. The Balaban J connectivity index is 1.80. The molecule has 1 saturated heterocycles.